The van der Waals surface area contributed by atoms with E-state index in [9.17, 15) is 39.0 Å². The quantitative estimate of drug-likeness (QED) is 0.103. The van der Waals surface area contributed by atoms with Crippen molar-refractivity contribution < 1.29 is 39.0 Å². The molecule has 0 aliphatic heterocycles. The Morgan fingerprint density at radius 3 is 1.72 bits per heavy atom. The number of aliphatic carboxylic acids is 1. The van der Waals surface area contributed by atoms with Crippen molar-refractivity contribution in [3.63, 3.8) is 0 Å². The topological polar surface area (TPSA) is 257 Å². The molecule has 0 aliphatic carbocycles. The van der Waals surface area contributed by atoms with Crippen LogP contribution in [0.5, 0.6) is 0 Å². The van der Waals surface area contributed by atoms with Gasteiger partial charge in [0.2, 0.25) is 29.5 Å². The second kappa shape index (κ2) is 14.2. The monoisotopic (exact) mass is 478 g/mol. The second-order valence-electron chi connectivity index (χ2n) is 6.99. The Hall–Kier alpha value is -2.91. The van der Waals surface area contributed by atoms with E-state index in [0.717, 1.165) is 6.92 Å². The number of primary amides is 2. The number of hydrogen-bond acceptors (Lipinski definition) is 9. The van der Waals surface area contributed by atoms with E-state index in [2.05, 4.69) is 28.6 Å². The second-order valence-corrected chi connectivity index (χ2v) is 7.35. The van der Waals surface area contributed by atoms with Gasteiger partial charge in [0.15, 0.2) is 0 Å². The number of carbonyl (C=O) groups is 6. The average Bonchev–Trinajstić information content (AvgIpc) is 2.70. The fraction of sp³-hybridized carbons (Fsp3) is 0.647. The van der Waals surface area contributed by atoms with Crippen molar-refractivity contribution in [1.29, 1.82) is 0 Å². The number of hydrogen-bond donors (Lipinski definition) is 9. The third-order valence-corrected chi connectivity index (χ3v) is 4.60. The van der Waals surface area contributed by atoms with Crippen molar-refractivity contribution in [1.82, 2.24) is 16.0 Å². The summed E-state index contributed by atoms with van der Waals surface area (Å²) in [7, 11) is 0. The Balaban J connectivity index is 5.42. The van der Waals surface area contributed by atoms with Crippen LogP contribution >= 0.6 is 12.6 Å². The third-order valence-electron chi connectivity index (χ3n) is 4.20. The van der Waals surface area contributed by atoms with Gasteiger partial charge in [-0.15, -0.1) is 0 Å². The number of carboxylic acid groups (broad SMARTS) is 1. The molecule has 0 aliphatic rings. The highest BCUT2D eigenvalue weighted by atomic mass is 32.1. The maximum Gasteiger partial charge on any atom is 0.326 e. The van der Waals surface area contributed by atoms with Crippen LogP contribution in [0.25, 0.3) is 0 Å². The lowest BCUT2D eigenvalue weighted by Crippen LogP contribution is -2.60. The summed E-state index contributed by atoms with van der Waals surface area (Å²) in [5.41, 5.74) is 15.6. The molecule has 5 atom stereocenters. The summed E-state index contributed by atoms with van der Waals surface area (Å²) in [6.45, 7) is 1.16. The SMILES string of the molecule is CC(O)C(NC(=O)C(CCC(N)=O)NC(=O)C(N)CS)C(=O)NC(CCC(N)=O)C(=O)O. The molecule has 0 heterocycles. The number of carbonyl (C=O) groups excluding carboxylic acids is 5. The molecule has 182 valence electrons. The van der Waals surface area contributed by atoms with Crippen molar-refractivity contribution in [3.05, 3.63) is 0 Å². The van der Waals surface area contributed by atoms with Crippen molar-refractivity contribution in [2.75, 3.05) is 5.75 Å². The molecule has 0 rings (SSSR count). The van der Waals surface area contributed by atoms with E-state index in [1.54, 1.807) is 0 Å². The first-order valence-electron chi connectivity index (χ1n) is 9.55. The van der Waals surface area contributed by atoms with Crippen LogP contribution in [0.15, 0.2) is 0 Å². The largest absolute Gasteiger partial charge is 0.480 e. The van der Waals surface area contributed by atoms with Gasteiger partial charge in [0.1, 0.15) is 18.1 Å². The smallest absolute Gasteiger partial charge is 0.326 e. The van der Waals surface area contributed by atoms with E-state index >= 15 is 0 Å². The molecule has 0 aromatic heterocycles. The first kappa shape index (κ1) is 29.1. The average molecular weight is 479 g/mol. The number of nitrogens with two attached hydrogens (primary N) is 3. The molecule has 5 unspecified atom stereocenters. The Labute approximate surface area is 189 Å². The minimum atomic E-state index is -1.62. The number of aliphatic hydroxyl groups excluding tert-OH is 1. The molecule has 11 N–H and O–H groups in total. The Kier molecular flexibility index (Phi) is 12.9. The summed E-state index contributed by atoms with van der Waals surface area (Å²) in [5.74, 6) is -5.77. The van der Waals surface area contributed by atoms with Crippen LogP contribution in [0.2, 0.25) is 0 Å². The Morgan fingerprint density at radius 1 is 0.844 bits per heavy atom. The van der Waals surface area contributed by atoms with Gasteiger partial charge < -0.3 is 43.4 Å². The van der Waals surface area contributed by atoms with Crippen LogP contribution in [0, 0.1) is 0 Å². The summed E-state index contributed by atoms with van der Waals surface area (Å²) >= 11 is 3.88. The normalized spacial score (nSPS) is 15.4. The van der Waals surface area contributed by atoms with Crippen LogP contribution in [0.4, 0.5) is 0 Å². The van der Waals surface area contributed by atoms with E-state index < -0.39 is 65.8 Å². The van der Waals surface area contributed by atoms with Gasteiger partial charge in [-0.25, -0.2) is 4.79 Å². The molecule has 0 fully saturated rings. The number of amides is 5. The summed E-state index contributed by atoms with van der Waals surface area (Å²) in [6, 6.07) is -5.52. The van der Waals surface area contributed by atoms with Gasteiger partial charge >= 0.3 is 5.97 Å². The van der Waals surface area contributed by atoms with Gasteiger partial charge in [-0.2, -0.15) is 12.6 Å². The zero-order valence-corrected chi connectivity index (χ0v) is 18.3. The maximum atomic E-state index is 12.6. The van der Waals surface area contributed by atoms with Crippen molar-refractivity contribution in [2.24, 2.45) is 17.2 Å². The lowest BCUT2D eigenvalue weighted by molar-refractivity contribution is -0.143. The van der Waals surface area contributed by atoms with Gasteiger partial charge in [-0.05, 0) is 19.8 Å². The molecule has 0 bridgehead atoms. The van der Waals surface area contributed by atoms with E-state index in [-0.39, 0.29) is 31.4 Å². The molecule has 5 amide bonds. The van der Waals surface area contributed by atoms with Gasteiger partial charge in [0.05, 0.1) is 12.1 Å². The first-order valence-corrected chi connectivity index (χ1v) is 10.2. The van der Waals surface area contributed by atoms with E-state index in [4.69, 9.17) is 17.2 Å². The zero-order valence-electron chi connectivity index (χ0n) is 17.4. The summed E-state index contributed by atoms with van der Waals surface area (Å²) in [5, 5.41) is 25.7. The standard InChI is InChI=1S/C17H30N6O8S/c1-7(24)13(16(29)22-10(17(30)31)3-5-12(20)26)23-15(28)9(2-4-11(19)25)21-14(27)8(18)6-32/h7-10,13,24,32H,2-6,18H2,1H3,(H2,19,25)(H2,20,26)(H,21,27)(H,22,29)(H,23,28)(H,30,31). The molecule has 0 spiro atoms. The van der Waals surface area contributed by atoms with Crippen LogP contribution in [-0.4, -0.2) is 81.7 Å². The summed E-state index contributed by atoms with van der Waals surface area (Å²) in [4.78, 5) is 70.4. The molecule has 0 saturated heterocycles. The van der Waals surface area contributed by atoms with Gasteiger partial charge in [-0.3, -0.25) is 24.0 Å². The Morgan fingerprint density at radius 2 is 1.31 bits per heavy atom. The van der Waals surface area contributed by atoms with Gasteiger partial charge in [-0.1, -0.05) is 0 Å². The highest BCUT2D eigenvalue weighted by Crippen LogP contribution is 2.04. The van der Waals surface area contributed by atoms with E-state index in [1.807, 2.05) is 0 Å². The van der Waals surface area contributed by atoms with Crippen molar-refractivity contribution in [3.8, 4) is 0 Å². The molecule has 32 heavy (non-hydrogen) atoms. The minimum absolute atomic E-state index is 0.0312. The molecule has 14 nitrogen and oxygen atoms in total. The first-order chi connectivity index (χ1) is 14.8. The zero-order chi connectivity index (χ0) is 25.0. The number of thiol groups is 1. The molecular weight excluding hydrogens is 448 g/mol. The molecule has 0 aromatic carbocycles. The molecule has 0 radical (unpaired) electrons. The highest BCUT2D eigenvalue weighted by molar-refractivity contribution is 7.80. The third kappa shape index (κ3) is 10.9. The molecule has 0 aromatic rings. The van der Waals surface area contributed by atoms with Crippen LogP contribution in [-0.2, 0) is 28.8 Å². The van der Waals surface area contributed by atoms with Crippen LogP contribution in [0.1, 0.15) is 32.6 Å². The molecule has 0 saturated carbocycles. The number of carboxylic acids is 1. The Bertz CT molecular complexity index is 719. The number of aliphatic hydroxyl groups is 1. The van der Waals surface area contributed by atoms with Crippen molar-refractivity contribution >= 4 is 48.1 Å². The summed E-state index contributed by atoms with van der Waals surface area (Å²) in [6.07, 6.45) is -2.62. The van der Waals surface area contributed by atoms with E-state index in [1.165, 1.54) is 0 Å². The number of nitrogens with one attached hydrogen (secondary N) is 3. The van der Waals surface area contributed by atoms with Gasteiger partial charge in [0, 0.05) is 18.6 Å². The van der Waals surface area contributed by atoms with Crippen molar-refractivity contribution in [2.45, 2.75) is 62.9 Å². The predicted octanol–water partition coefficient (Wildman–Crippen LogP) is -4.31. The molecule has 15 heteroatoms. The predicted molar refractivity (Wildman–Crippen MR) is 114 cm³/mol. The van der Waals surface area contributed by atoms with Crippen LogP contribution in [0.3, 0.4) is 0 Å². The lowest BCUT2D eigenvalue weighted by atomic mass is 10.1. The lowest BCUT2D eigenvalue weighted by Gasteiger charge is -2.26. The molecular formula is C17H30N6O8S. The van der Waals surface area contributed by atoms with Gasteiger partial charge in [0.25, 0.3) is 0 Å². The maximum absolute atomic E-state index is 12.6. The highest BCUT2D eigenvalue weighted by Gasteiger charge is 2.32. The minimum Gasteiger partial charge on any atom is -0.480 e. The summed E-state index contributed by atoms with van der Waals surface area (Å²) < 4.78 is 0. The number of rotatable bonds is 15. The van der Waals surface area contributed by atoms with Crippen LogP contribution < -0.4 is 33.2 Å². The van der Waals surface area contributed by atoms with E-state index in [0.29, 0.717) is 0 Å². The fourth-order valence-electron chi connectivity index (χ4n) is 2.38. The fourth-order valence-corrected chi connectivity index (χ4v) is 2.55.